The van der Waals surface area contributed by atoms with Crippen LogP contribution in [0, 0.1) is 0 Å². The lowest BCUT2D eigenvalue weighted by Gasteiger charge is -2.34. The van der Waals surface area contributed by atoms with Crippen molar-refractivity contribution >= 4 is 12.0 Å². The standard InChI is InChI=1S/C13H24N2O3/c1-4-10(3)14(5-2)13(18)15-8-6-7-11(15)9-12(16)17/h10-11H,4-9H2,1-3H3,(H,16,17). The Balaban J connectivity index is 2.71. The molecule has 1 fully saturated rings. The number of nitrogens with zero attached hydrogens (tertiary/aromatic N) is 2. The fourth-order valence-electron chi connectivity index (χ4n) is 2.52. The summed E-state index contributed by atoms with van der Waals surface area (Å²) >= 11 is 0. The van der Waals surface area contributed by atoms with Crippen LogP contribution >= 0.6 is 0 Å². The normalized spacial score (nSPS) is 20.8. The maximum Gasteiger partial charge on any atom is 0.320 e. The maximum atomic E-state index is 12.4. The van der Waals surface area contributed by atoms with Crippen LogP contribution in [0.1, 0.15) is 46.5 Å². The first kappa shape index (κ1) is 14.8. The minimum absolute atomic E-state index is 0.00407. The molecule has 2 unspecified atom stereocenters. The fourth-order valence-corrected chi connectivity index (χ4v) is 2.52. The molecule has 0 spiro atoms. The average Bonchev–Trinajstić information content (AvgIpc) is 2.76. The molecule has 104 valence electrons. The summed E-state index contributed by atoms with van der Waals surface area (Å²) in [4.78, 5) is 26.8. The number of carbonyl (C=O) groups excluding carboxylic acids is 1. The highest BCUT2D eigenvalue weighted by Gasteiger charge is 2.33. The number of rotatable bonds is 5. The quantitative estimate of drug-likeness (QED) is 0.820. The predicted octanol–water partition coefficient (Wildman–Crippen LogP) is 2.17. The van der Waals surface area contributed by atoms with Crippen molar-refractivity contribution in [1.82, 2.24) is 9.80 Å². The second-order valence-electron chi connectivity index (χ2n) is 4.91. The molecule has 1 saturated heterocycles. The van der Waals surface area contributed by atoms with Gasteiger partial charge in [-0.3, -0.25) is 4.79 Å². The van der Waals surface area contributed by atoms with E-state index in [0.717, 1.165) is 19.3 Å². The third kappa shape index (κ3) is 3.37. The second-order valence-corrected chi connectivity index (χ2v) is 4.91. The third-order valence-electron chi connectivity index (χ3n) is 3.74. The van der Waals surface area contributed by atoms with Gasteiger partial charge in [-0.25, -0.2) is 4.79 Å². The molecule has 5 heteroatoms. The first-order valence-corrected chi connectivity index (χ1v) is 6.80. The van der Waals surface area contributed by atoms with Crippen LogP contribution in [0.3, 0.4) is 0 Å². The lowest BCUT2D eigenvalue weighted by molar-refractivity contribution is -0.138. The first-order chi connectivity index (χ1) is 8.51. The van der Waals surface area contributed by atoms with Crippen molar-refractivity contribution in [1.29, 1.82) is 0 Å². The molecular weight excluding hydrogens is 232 g/mol. The smallest absolute Gasteiger partial charge is 0.320 e. The van der Waals surface area contributed by atoms with Crippen LogP contribution < -0.4 is 0 Å². The molecule has 2 atom stereocenters. The van der Waals surface area contributed by atoms with E-state index in [1.807, 2.05) is 18.7 Å². The molecule has 1 rings (SSSR count). The van der Waals surface area contributed by atoms with E-state index in [9.17, 15) is 9.59 Å². The average molecular weight is 256 g/mol. The van der Waals surface area contributed by atoms with Gasteiger partial charge in [0.15, 0.2) is 0 Å². The summed E-state index contributed by atoms with van der Waals surface area (Å²) in [5.74, 6) is -0.828. The van der Waals surface area contributed by atoms with Gasteiger partial charge in [0.2, 0.25) is 0 Å². The lowest BCUT2D eigenvalue weighted by atomic mass is 10.1. The molecule has 0 aliphatic carbocycles. The minimum Gasteiger partial charge on any atom is -0.481 e. The molecular formula is C13H24N2O3. The number of amides is 2. The van der Waals surface area contributed by atoms with Crippen LogP contribution in [0.2, 0.25) is 0 Å². The summed E-state index contributed by atoms with van der Waals surface area (Å²) in [6.07, 6.45) is 2.68. The zero-order valence-corrected chi connectivity index (χ0v) is 11.6. The Labute approximate surface area is 109 Å². The maximum absolute atomic E-state index is 12.4. The van der Waals surface area contributed by atoms with Gasteiger partial charge in [0.1, 0.15) is 0 Å². The molecule has 0 aromatic carbocycles. The Morgan fingerprint density at radius 2 is 2.11 bits per heavy atom. The lowest BCUT2D eigenvalue weighted by Crippen LogP contribution is -2.49. The molecule has 0 radical (unpaired) electrons. The van der Waals surface area contributed by atoms with Crippen molar-refractivity contribution in [3.05, 3.63) is 0 Å². The summed E-state index contributed by atoms with van der Waals surface area (Å²) in [5.41, 5.74) is 0. The van der Waals surface area contributed by atoms with E-state index >= 15 is 0 Å². The van der Waals surface area contributed by atoms with Gasteiger partial charge in [-0.05, 0) is 33.1 Å². The molecule has 0 aromatic rings. The van der Waals surface area contributed by atoms with Crippen molar-refractivity contribution in [3.63, 3.8) is 0 Å². The van der Waals surface area contributed by atoms with E-state index < -0.39 is 5.97 Å². The van der Waals surface area contributed by atoms with Crippen molar-refractivity contribution in [2.75, 3.05) is 13.1 Å². The number of aliphatic carboxylic acids is 1. The Morgan fingerprint density at radius 3 is 2.61 bits per heavy atom. The number of hydrogen-bond acceptors (Lipinski definition) is 2. The van der Waals surface area contributed by atoms with Gasteiger partial charge in [-0.15, -0.1) is 0 Å². The van der Waals surface area contributed by atoms with Crippen molar-refractivity contribution < 1.29 is 14.7 Å². The summed E-state index contributed by atoms with van der Waals surface area (Å²) in [6, 6.07) is 0.0669. The highest BCUT2D eigenvalue weighted by molar-refractivity contribution is 5.76. The number of urea groups is 1. The second kappa shape index (κ2) is 6.61. The summed E-state index contributed by atoms with van der Waals surface area (Å²) in [7, 11) is 0. The topological polar surface area (TPSA) is 60.9 Å². The summed E-state index contributed by atoms with van der Waals surface area (Å²) in [6.45, 7) is 7.41. The molecule has 1 N–H and O–H groups in total. The molecule has 0 bridgehead atoms. The van der Waals surface area contributed by atoms with E-state index in [2.05, 4.69) is 6.92 Å². The first-order valence-electron chi connectivity index (χ1n) is 6.80. The highest BCUT2D eigenvalue weighted by atomic mass is 16.4. The monoisotopic (exact) mass is 256 g/mol. The molecule has 0 aromatic heterocycles. The van der Waals surface area contributed by atoms with Crippen LogP contribution in [0.25, 0.3) is 0 Å². The van der Waals surface area contributed by atoms with E-state index in [1.165, 1.54) is 0 Å². The van der Waals surface area contributed by atoms with E-state index in [0.29, 0.717) is 13.1 Å². The van der Waals surface area contributed by atoms with Crippen LogP contribution in [-0.4, -0.2) is 52.1 Å². The van der Waals surface area contributed by atoms with Crippen LogP contribution in [0.15, 0.2) is 0 Å². The van der Waals surface area contributed by atoms with Gasteiger partial charge >= 0.3 is 12.0 Å². The van der Waals surface area contributed by atoms with E-state index in [4.69, 9.17) is 5.11 Å². The zero-order valence-electron chi connectivity index (χ0n) is 11.6. The number of carbonyl (C=O) groups is 2. The molecule has 0 saturated carbocycles. The SMILES string of the molecule is CCC(C)N(CC)C(=O)N1CCCC1CC(=O)O. The molecule has 1 aliphatic heterocycles. The fraction of sp³-hybridized carbons (Fsp3) is 0.846. The molecule has 18 heavy (non-hydrogen) atoms. The van der Waals surface area contributed by atoms with Crippen molar-refractivity contribution in [2.45, 2.75) is 58.5 Å². The Morgan fingerprint density at radius 1 is 1.44 bits per heavy atom. The van der Waals surface area contributed by atoms with Crippen LogP contribution in [0.5, 0.6) is 0 Å². The Hall–Kier alpha value is -1.26. The van der Waals surface area contributed by atoms with Gasteiger partial charge in [0.05, 0.1) is 6.42 Å². The van der Waals surface area contributed by atoms with Crippen molar-refractivity contribution in [2.24, 2.45) is 0 Å². The Bertz CT molecular complexity index is 307. The van der Waals surface area contributed by atoms with Crippen molar-refractivity contribution in [3.8, 4) is 0 Å². The number of likely N-dealkylation sites (tertiary alicyclic amines) is 1. The summed E-state index contributed by atoms with van der Waals surface area (Å²) in [5, 5.41) is 8.87. The van der Waals surface area contributed by atoms with Gasteiger partial charge in [0.25, 0.3) is 0 Å². The minimum atomic E-state index is -0.828. The predicted molar refractivity (Wildman–Crippen MR) is 69.5 cm³/mol. The molecule has 2 amide bonds. The largest absolute Gasteiger partial charge is 0.481 e. The van der Waals surface area contributed by atoms with Crippen LogP contribution in [0.4, 0.5) is 4.79 Å². The van der Waals surface area contributed by atoms with E-state index in [-0.39, 0.29) is 24.5 Å². The van der Waals surface area contributed by atoms with Gasteiger partial charge < -0.3 is 14.9 Å². The molecule has 1 aliphatic rings. The number of hydrogen-bond donors (Lipinski definition) is 1. The summed E-state index contributed by atoms with van der Waals surface area (Å²) < 4.78 is 0. The highest BCUT2D eigenvalue weighted by Crippen LogP contribution is 2.22. The zero-order chi connectivity index (χ0) is 13.7. The van der Waals surface area contributed by atoms with Gasteiger partial charge in [-0.1, -0.05) is 6.92 Å². The number of carboxylic acid groups (broad SMARTS) is 1. The number of carboxylic acids is 1. The molecule has 5 nitrogen and oxygen atoms in total. The molecule has 1 heterocycles. The van der Waals surface area contributed by atoms with Gasteiger partial charge in [0, 0.05) is 25.2 Å². The van der Waals surface area contributed by atoms with E-state index in [1.54, 1.807) is 4.90 Å². The Kier molecular flexibility index (Phi) is 5.44. The van der Waals surface area contributed by atoms with Gasteiger partial charge in [-0.2, -0.15) is 0 Å². The van der Waals surface area contributed by atoms with Crippen LogP contribution in [-0.2, 0) is 4.79 Å². The third-order valence-corrected chi connectivity index (χ3v) is 3.74.